The summed E-state index contributed by atoms with van der Waals surface area (Å²) in [4.78, 5) is 28.8. The van der Waals surface area contributed by atoms with Gasteiger partial charge in [-0.25, -0.2) is 4.98 Å². The highest BCUT2D eigenvalue weighted by Crippen LogP contribution is 2.14. The van der Waals surface area contributed by atoms with Gasteiger partial charge >= 0.3 is 0 Å². The topological polar surface area (TPSA) is 75.5 Å². The summed E-state index contributed by atoms with van der Waals surface area (Å²) in [7, 11) is 0. The van der Waals surface area contributed by atoms with Crippen molar-refractivity contribution >= 4 is 17.3 Å². The number of carbonyl (C=O) groups excluding carboxylic acids is 2. The number of nitrogens with zero attached hydrogens (tertiary/aromatic N) is 2. The maximum Gasteiger partial charge on any atom is 0.287 e. The lowest BCUT2D eigenvalue weighted by Gasteiger charge is -2.19. The van der Waals surface area contributed by atoms with Gasteiger partial charge in [0.1, 0.15) is 0 Å². The molecule has 2 heterocycles. The van der Waals surface area contributed by atoms with Crippen LogP contribution in [-0.4, -0.2) is 33.3 Å². The van der Waals surface area contributed by atoms with E-state index in [4.69, 9.17) is 0 Å². The van der Waals surface area contributed by atoms with Crippen molar-refractivity contribution in [3.8, 4) is 0 Å². The number of rotatable bonds is 4. The second-order valence-electron chi connectivity index (χ2n) is 5.94. The fourth-order valence-electron chi connectivity index (χ4n) is 2.01. The zero-order chi connectivity index (χ0) is 16.3. The third kappa shape index (κ3) is 3.33. The van der Waals surface area contributed by atoms with Gasteiger partial charge in [-0.15, -0.1) is 6.58 Å². The molecule has 0 radical (unpaired) electrons. The maximum atomic E-state index is 12.4. The van der Waals surface area contributed by atoms with E-state index in [0.717, 1.165) is 0 Å². The standard InChI is InChI=1S/C16H20N4O2/c1-5-9-17-15(22)13-18-12(14(21)19-16(2,3)4)11-8-6-7-10-20(11)13/h5-8,10H,1,9H2,2-4H3,(H,17,22)(H,19,21). The largest absolute Gasteiger partial charge is 0.346 e. The van der Waals surface area contributed by atoms with Crippen molar-refractivity contribution in [2.75, 3.05) is 6.54 Å². The van der Waals surface area contributed by atoms with Gasteiger partial charge < -0.3 is 10.6 Å². The van der Waals surface area contributed by atoms with Gasteiger partial charge in [0.2, 0.25) is 5.82 Å². The molecule has 2 aromatic heterocycles. The van der Waals surface area contributed by atoms with Crippen LogP contribution < -0.4 is 10.6 Å². The average molecular weight is 300 g/mol. The summed E-state index contributed by atoms with van der Waals surface area (Å²) < 4.78 is 1.61. The number of amides is 2. The van der Waals surface area contributed by atoms with Crippen molar-refractivity contribution < 1.29 is 9.59 Å². The second-order valence-corrected chi connectivity index (χ2v) is 5.94. The van der Waals surface area contributed by atoms with E-state index in [1.54, 1.807) is 34.9 Å². The van der Waals surface area contributed by atoms with Gasteiger partial charge in [0.15, 0.2) is 5.69 Å². The van der Waals surface area contributed by atoms with E-state index in [9.17, 15) is 9.59 Å². The predicted molar refractivity (Wildman–Crippen MR) is 84.9 cm³/mol. The van der Waals surface area contributed by atoms with Crippen LogP contribution in [0.4, 0.5) is 0 Å². The van der Waals surface area contributed by atoms with Crippen molar-refractivity contribution in [1.29, 1.82) is 0 Å². The zero-order valence-corrected chi connectivity index (χ0v) is 13.0. The van der Waals surface area contributed by atoms with Crippen LogP contribution in [0.2, 0.25) is 0 Å². The molecule has 0 saturated carbocycles. The Hall–Kier alpha value is -2.63. The fraction of sp³-hybridized carbons (Fsp3) is 0.312. The molecule has 0 bridgehead atoms. The number of nitrogens with one attached hydrogen (secondary N) is 2. The molecule has 0 fully saturated rings. The number of hydrogen-bond acceptors (Lipinski definition) is 3. The molecule has 6 nitrogen and oxygen atoms in total. The van der Waals surface area contributed by atoms with Crippen LogP contribution in [0.1, 0.15) is 41.9 Å². The predicted octanol–water partition coefficient (Wildman–Crippen LogP) is 1.78. The normalized spacial score (nSPS) is 11.2. The Morgan fingerprint density at radius 1 is 1.32 bits per heavy atom. The van der Waals surface area contributed by atoms with E-state index in [1.165, 1.54) is 0 Å². The molecule has 0 unspecified atom stereocenters. The molecular formula is C16H20N4O2. The number of imidazole rings is 1. The minimum atomic E-state index is -0.382. The Morgan fingerprint density at radius 3 is 2.68 bits per heavy atom. The van der Waals surface area contributed by atoms with E-state index in [0.29, 0.717) is 12.1 Å². The highest BCUT2D eigenvalue weighted by atomic mass is 16.2. The Bertz CT molecular complexity index is 725. The molecular weight excluding hydrogens is 280 g/mol. The molecule has 116 valence electrons. The number of hydrogen-bond donors (Lipinski definition) is 2. The average Bonchev–Trinajstić information content (AvgIpc) is 2.82. The first kappa shape index (κ1) is 15.8. The fourth-order valence-corrected chi connectivity index (χ4v) is 2.01. The summed E-state index contributed by atoms with van der Waals surface area (Å²) in [6.07, 6.45) is 3.29. The van der Waals surface area contributed by atoms with Gasteiger partial charge in [-0.1, -0.05) is 12.1 Å². The molecule has 2 aromatic rings. The van der Waals surface area contributed by atoms with E-state index < -0.39 is 0 Å². The molecule has 22 heavy (non-hydrogen) atoms. The maximum absolute atomic E-state index is 12.4. The molecule has 0 spiro atoms. The minimum Gasteiger partial charge on any atom is -0.346 e. The number of pyridine rings is 1. The van der Waals surface area contributed by atoms with Crippen molar-refractivity contribution in [1.82, 2.24) is 20.0 Å². The number of aromatic nitrogens is 2. The van der Waals surface area contributed by atoms with Crippen molar-refractivity contribution in [3.63, 3.8) is 0 Å². The molecule has 0 aliphatic heterocycles. The van der Waals surface area contributed by atoms with Crippen LogP contribution in [-0.2, 0) is 0 Å². The number of carbonyl (C=O) groups is 2. The Labute approximate surface area is 129 Å². The summed E-state index contributed by atoms with van der Waals surface area (Å²) >= 11 is 0. The first-order valence-electron chi connectivity index (χ1n) is 7.02. The van der Waals surface area contributed by atoms with Crippen molar-refractivity contribution in [2.24, 2.45) is 0 Å². The highest BCUT2D eigenvalue weighted by molar-refractivity contribution is 6.02. The Morgan fingerprint density at radius 2 is 2.05 bits per heavy atom. The molecule has 0 atom stereocenters. The third-order valence-corrected chi connectivity index (χ3v) is 2.86. The van der Waals surface area contributed by atoms with Crippen LogP contribution in [0.5, 0.6) is 0 Å². The lowest BCUT2D eigenvalue weighted by atomic mass is 10.1. The van der Waals surface area contributed by atoms with Gasteiger partial charge in [0.05, 0.1) is 5.52 Å². The van der Waals surface area contributed by atoms with Crippen LogP contribution in [0.15, 0.2) is 37.1 Å². The molecule has 0 aliphatic carbocycles. The summed E-state index contributed by atoms with van der Waals surface area (Å²) in [5.41, 5.74) is 0.444. The molecule has 0 aliphatic rings. The van der Waals surface area contributed by atoms with Gasteiger partial charge in [-0.3, -0.25) is 14.0 Å². The lowest BCUT2D eigenvalue weighted by Crippen LogP contribution is -2.40. The van der Waals surface area contributed by atoms with Crippen molar-refractivity contribution in [3.05, 3.63) is 48.6 Å². The SMILES string of the molecule is C=CCNC(=O)c1nc(C(=O)NC(C)(C)C)c2ccccn12. The minimum absolute atomic E-state index is 0.177. The first-order chi connectivity index (χ1) is 10.3. The highest BCUT2D eigenvalue weighted by Gasteiger charge is 2.23. The van der Waals surface area contributed by atoms with Gasteiger partial charge in [0.25, 0.3) is 11.8 Å². The van der Waals surface area contributed by atoms with Crippen LogP contribution in [0.3, 0.4) is 0 Å². The molecule has 2 rings (SSSR count). The summed E-state index contributed by atoms with van der Waals surface area (Å²) in [6, 6.07) is 5.34. The first-order valence-corrected chi connectivity index (χ1v) is 7.02. The van der Waals surface area contributed by atoms with Crippen LogP contribution in [0, 0.1) is 0 Å². The molecule has 2 N–H and O–H groups in total. The summed E-state index contributed by atoms with van der Waals surface area (Å²) in [5.74, 6) is -0.480. The molecule has 0 saturated heterocycles. The Kier molecular flexibility index (Phi) is 4.30. The molecule has 6 heteroatoms. The van der Waals surface area contributed by atoms with E-state index in [1.807, 2.05) is 20.8 Å². The van der Waals surface area contributed by atoms with Gasteiger partial charge in [-0.2, -0.15) is 0 Å². The van der Waals surface area contributed by atoms with Gasteiger partial charge in [-0.05, 0) is 32.9 Å². The zero-order valence-electron chi connectivity index (χ0n) is 13.0. The Balaban J connectivity index is 2.46. The summed E-state index contributed by atoms with van der Waals surface area (Å²) in [6.45, 7) is 9.56. The van der Waals surface area contributed by atoms with E-state index >= 15 is 0 Å². The van der Waals surface area contributed by atoms with Gasteiger partial charge in [0, 0.05) is 18.3 Å². The van der Waals surface area contributed by atoms with Crippen LogP contribution >= 0.6 is 0 Å². The smallest absolute Gasteiger partial charge is 0.287 e. The summed E-state index contributed by atoms with van der Waals surface area (Å²) in [5, 5.41) is 5.53. The van der Waals surface area contributed by atoms with Crippen molar-refractivity contribution in [2.45, 2.75) is 26.3 Å². The molecule has 2 amide bonds. The lowest BCUT2D eigenvalue weighted by molar-refractivity contribution is 0.0916. The van der Waals surface area contributed by atoms with Crippen LogP contribution in [0.25, 0.3) is 5.52 Å². The van der Waals surface area contributed by atoms with E-state index in [2.05, 4.69) is 22.2 Å². The second kappa shape index (κ2) is 6.01. The number of fused-ring (bicyclic) bond motifs is 1. The monoisotopic (exact) mass is 300 g/mol. The van der Waals surface area contributed by atoms with E-state index in [-0.39, 0.29) is 28.9 Å². The third-order valence-electron chi connectivity index (χ3n) is 2.86. The quantitative estimate of drug-likeness (QED) is 0.845. The molecule has 0 aromatic carbocycles.